The number of carbonyl (C=O) groups excluding carboxylic acids is 1. The summed E-state index contributed by atoms with van der Waals surface area (Å²) in [7, 11) is 1.57. The molecule has 21 heavy (non-hydrogen) atoms. The second-order valence-corrected chi connectivity index (χ2v) is 5.71. The van der Waals surface area contributed by atoms with Gasteiger partial charge in [-0.05, 0) is 30.3 Å². The van der Waals surface area contributed by atoms with Crippen LogP contribution in [-0.2, 0) is 4.79 Å². The fourth-order valence-electron chi connectivity index (χ4n) is 1.71. The number of hydrogen-bond acceptors (Lipinski definition) is 4. The van der Waals surface area contributed by atoms with Crippen LogP contribution in [0.5, 0.6) is 5.75 Å². The van der Waals surface area contributed by atoms with Crippen molar-refractivity contribution in [3.8, 4) is 5.75 Å². The number of nitrogens with two attached hydrogens (primary N) is 1. The average molecular weight is 323 g/mol. The van der Waals surface area contributed by atoms with Crippen molar-refractivity contribution < 1.29 is 9.53 Å². The maximum Gasteiger partial charge on any atom is 0.234 e. The van der Waals surface area contributed by atoms with Crippen molar-refractivity contribution in [2.75, 3.05) is 23.9 Å². The Morgan fingerprint density at radius 3 is 2.86 bits per heavy atom. The van der Waals surface area contributed by atoms with Gasteiger partial charge in [-0.3, -0.25) is 4.79 Å². The maximum atomic E-state index is 11.9. The summed E-state index contributed by atoms with van der Waals surface area (Å²) in [4.78, 5) is 12.8. The van der Waals surface area contributed by atoms with E-state index in [-0.39, 0.29) is 11.7 Å². The molecule has 0 saturated heterocycles. The molecule has 6 heteroatoms. The van der Waals surface area contributed by atoms with Crippen molar-refractivity contribution in [2.45, 2.75) is 4.90 Å². The lowest BCUT2D eigenvalue weighted by Gasteiger charge is -2.09. The second-order valence-electron chi connectivity index (χ2n) is 4.26. The fraction of sp³-hybridized carbons (Fsp3) is 0.133. The van der Waals surface area contributed by atoms with Gasteiger partial charge in [0.05, 0.1) is 12.9 Å². The third-order valence-electron chi connectivity index (χ3n) is 2.65. The molecule has 0 atom stereocenters. The normalized spacial score (nSPS) is 10.2. The predicted octanol–water partition coefficient (Wildman–Crippen LogP) is 3.66. The summed E-state index contributed by atoms with van der Waals surface area (Å²) in [5.41, 5.74) is 7.00. The van der Waals surface area contributed by atoms with Gasteiger partial charge >= 0.3 is 0 Å². The van der Waals surface area contributed by atoms with Crippen LogP contribution in [0.1, 0.15) is 0 Å². The van der Waals surface area contributed by atoms with E-state index in [1.165, 1.54) is 11.8 Å². The number of ether oxygens (including phenoxy) is 1. The van der Waals surface area contributed by atoms with Crippen LogP contribution in [-0.4, -0.2) is 18.8 Å². The largest absolute Gasteiger partial charge is 0.496 e. The van der Waals surface area contributed by atoms with E-state index in [1.54, 1.807) is 43.5 Å². The number of thioether (sulfide) groups is 1. The summed E-state index contributed by atoms with van der Waals surface area (Å²) in [5, 5.41) is 3.38. The highest BCUT2D eigenvalue weighted by Crippen LogP contribution is 2.31. The van der Waals surface area contributed by atoms with Gasteiger partial charge < -0.3 is 15.8 Å². The van der Waals surface area contributed by atoms with Crippen LogP contribution in [0.25, 0.3) is 0 Å². The summed E-state index contributed by atoms with van der Waals surface area (Å²) in [6, 6.07) is 12.4. The Morgan fingerprint density at radius 2 is 2.14 bits per heavy atom. The van der Waals surface area contributed by atoms with Gasteiger partial charge in [-0.1, -0.05) is 17.7 Å². The maximum absolute atomic E-state index is 11.9. The Morgan fingerprint density at radius 1 is 1.33 bits per heavy atom. The molecule has 0 aliphatic heterocycles. The molecule has 1 amide bonds. The fourth-order valence-corrected chi connectivity index (χ4v) is 2.71. The number of anilines is 2. The van der Waals surface area contributed by atoms with E-state index >= 15 is 0 Å². The van der Waals surface area contributed by atoms with E-state index in [1.807, 2.05) is 6.07 Å². The Balaban J connectivity index is 1.95. The SMILES string of the molecule is COc1cc(N)ccc1SCC(=O)Nc1cccc(Cl)c1. The minimum absolute atomic E-state index is 0.110. The van der Waals surface area contributed by atoms with Crippen molar-refractivity contribution in [3.63, 3.8) is 0 Å². The molecule has 2 aromatic rings. The first-order valence-corrected chi connectivity index (χ1v) is 7.56. The second kappa shape index (κ2) is 7.24. The molecular formula is C15H15ClN2O2S. The van der Waals surface area contributed by atoms with Gasteiger partial charge in [0.25, 0.3) is 0 Å². The van der Waals surface area contributed by atoms with Crippen molar-refractivity contribution in [2.24, 2.45) is 0 Å². The molecule has 0 radical (unpaired) electrons. The number of halogens is 1. The zero-order chi connectivity index (χ0) is 15.2. The van der Waals surface area contributed by atoms with Crippen LogP contribution in [0.15, 0.2) is 47.4 Å². The highest BCUT2D eigenvalue weighted by atomic mass is 35.5. The molecule has 0 spiro atoms. The Bertz CT molecular complexity index is 649. The molecule has 3 N–H and O–H groups in total. The molecule has 110 valence electrons. The van der Waals surface area contributed by atoms with Crippen LogP contribution in [0, 0.1) is 0 Å². The molecule has 0 aromatic heterocycles. The van der Waals surface area contributed by atoms with E-state index < -0.39 is 0 Å². The summed E-state index contributed by atoms with van der Waals surface area (Å²) in [6.07, 6.45) is 0. The van der Waals surface area contributed by atoms with Crippen LogP contribution in [0.4, 0.5) is 11.4 Å². The predicted molar refractivity (Wildman–Crippen MR) is 88.2 cm³/mol. The van der Waals surface area contributed by atoms with Gasteiger partial charge in [0.2, 0.25) is 5.91 Å². The Labute approximate surface area is 132 Å². The molecule has 0 heterocycles. The van der Waals surface area contributed by atoms with E-state index in [0.29, 0.717) is 22.1 Å². The number of rotatable bonds is 5. The number of amides is 1. The van der Waals surface area contributed by atoms with Crippen molar-refractivity contribution in [1.29, 1.82) is 0 Å². The molecule has 0 unspecified atom stereocenters. The number of benzene rings is 2. The Hall–Kier alpha value is -1.85. The minimum Gasteiger partial charge on any atom is -0.496 e. The van der Waals surface area contributed by atoms with E-state index in [4.69, 9.17) is 22.1 Å². The molecule has 4 nitrogen and oxygen atoms in total. The molecule has 0 saturated carbocycles. The number of nitrogen functional groups attached to an aromatic ring is 1. The van der Waals surface area contributed by atoms with Crippen molar-refractivity contribution >= 4 is 40.6 Å². The molecule has 0 bridgehead atoms. The highest BCUT2D eigenvalue weighted by Gasteiger charge is 2.08. The topological polar surface area (TPSA) is 64.3 Å². The highest BCUT2D eigenvalue weighted by molar-refractivity contribution is 8.00. The van der Waals surface area contributed by atoms with Gasteiger partial charge in [0.1, 0.15) is 5.75 Å². The lowest BCUT2D eigenvalue weighted by atomic mass is 10.3. The third-order valence-corrected chi connectivity index (χ3v) is 3.94. The summed E-state index contributed by atoms with van der Waals surface area (Å²) in [6.45, 7) is 0. The quantitative estimate of drug-likeness (QED) is 0.651. The van der Waals surface area contributed by atoms with Gasteiger partial charge in [0.15, 0.2) is 0 Å². The number of methoxy groups -OCH3 is 1. The monoisotopic (exact) mass is 322 g/mol. The van der Waals surface area contributed by atoms with Gasteiger partial charge in [-0.15, -0.1) is 11.8 Å². The molecular weight excluding hydrogens is 308 g/mol. The number of hydrogen-bond donors (Lipinski definition) is 2. The molecule has 0 aliphatic rings. The van der Waals surface area contributed by atoms with E-state index in [0.717, 1.165) is 4.90 Å². The van der Waals surface area contributed by atoms with Crippen LogP contribution in [0.3, 0.4) is 0 Å². The smallest absolute Gasteiger partial charge is 0.234 e. The van der Waals surface area contributed by atoms with Crippen LogP contribution >= 0.6 is 23.4 Å². The zero-order valence-corrected chi connectivity index (χ0v) is 13.0. The van der Waals surface area contributed by atoms with E-state index in [2.05, 4.69) is 5.32 Å². The number of nitrogens with one attached hydrogen (secondary N) is 1. The number of carbonyl (C=O) groups is 1. The summed E-state index contributed by atoms with van der Waals surface area (Å²) >= 11 is 7.26. The van der Waals surface area contributed by atoms with Crippen molar-refractivity contribution in [1.82, 2.24) is 0 Å². The molecule has 2 aromatic carbocycles. The molecule has 0 aliphatic carbocycles. The summed E-state index contributed by atoms with van der Waals surface area (Å²) < 4.78 is 5.24. The zero-order valence-electron chi connectivity index (χ0n) is 11.4. The van der Waals surface area contributed by atoms with Crippen LogP contribution in [0.2, 0.25) is 5.02 Å². The van der Waals surface area contributed by atoms with Gasteiger partial charge in [-0.2, -0.15) is 0 Å². The molecule has 0 fully saturated rings. The lowest BCUT2D eigenvalue weighted by Crippen LogP contribution is -2.13. The van der Waals surface area contributed by atoms with Crippen LogP contribution < -0.4 is 15.8 Å². The van der Waals surface area contributed by atoms with E-state index in [9.17, 15) is 4.79 Å². The first-order valence-electron chi connectivity index (χ1n) is 6.20. The first kappa shape index (κ1) is 15.5. The molecule has 2 rings (SSSR count). The van der Waals surface area contributed by atoms with Gasteiger partial charge in [0, 0.05) is 27.4 Å². The van der Waals surface area contributed by atoms with Crippen molar-refractivity contribution in [3.05, 3.63) is 47.5 Å². The van der Waals surface area contributed by atoms with Gasteiger partial charge in [-0.25, -0.2) is 0 Å². The summed E-state index contributed by atoms with van der Waals surface area (Å²) in [5.74, 6) is 0.823. The third kappa shape index (κ3) is 4.58. The minimum atomic E-state index is -0.110. The Kier molecular flexibility index (Phi) is 5.36. The average Bonchev–Trinajstić information content (AvgIpc) is 2.45. The standard InChI is InChI=1S/C15H15ClN2O2S/c1-20-13-8-11(17)5-6-14(13)21-9-15(19)18-12-4-2-3-10(16)7-12/h2-8H,9,17H2,1H3,(H,18,19). The first-order chi connectivity index (χ1) is 10.1. The lowest BCUT2D eigenvalue weighted by molar-refractivity contribution is -0.113.